The summed E-state index contributed by atoms with van der Waals surface area (Å²) in [6.45, 7) is 5.30. The molecular weight excluding hydrogens is 266 g/mol. The SMILES string of the molecule is CNCc1cc(S(=O)(=O)NCCOC)cn1C(C)C. The van der Waals surface area contributed by atoms with E-state index in [4.69, 9.17) is 4.74 Å². The first-order valence-corrected chi connectivity index (χ1v) is 7.74. The molecule has 0 unspecified atom stereocenters. The number of ether oxygens (including phenoxy) is 1. The molecule has 0 aliphatic carbocycles. The van der Waals surface area contributed by atoms with Gasteiger partial charge in [-0.1, -0.05) is 0 Å². The Morgan fingerprint density at radius 1 is 1.42 bits per heavy atom. The Morgan fingerprint density at radius 2 is 2.11 bits per heavy atom. The maximum absolute atomic E-state index is 12.1. The molecule has 110 valence electrons. The van der Waals surface area contributed by atoms with E-state index in [2.05, 4.69) is 10.0 Å². The fraction of sp³-hybridized carbons (Fsp3) is 0.667. The third-order valence-electron chi connectivity index (χ3n) is 2.73. The van der Waals surface area contributed by atoms with Crippen molar-refractivity contribution < 1.29 is 13.2 Å². The van der Waals surface area contributed by atoms with Crippen LogP contribution < -0.4 is 10.0 Å². The highest BCUT2D eigenvalue weighted by atomic mass is 32.2. The summed E-state index contributed by atoms with van der Waals surface area (Å²) in [7, 11) is -0.0924. The molecule has 0 aliphatic heterocycles. The van der Waals surface area contributed by atoms with E-state index in [1.54, 1.807) is 12.3 Å². The number of rotatable bonds is 8. The van der Waals surface area contributed by atoms with Crippen molar-refractivity contribution in [2.45, 2.75) is 31.3 Å². The topological polar surface area (TPSA) is 72.4 Å². The van der Waals surface area contributed by atoms with E-state index >= 15 is 0 Å². The molecule has 0 amide bonds. The lowest BCUT2D eigenvalue weighted by Gasteiger charge is -2.11. The highest BCUT2D eigenvalue weighted by Crippen LogP contribution is 2.18. The van der Waals surface area contributed by atoms with Gasteiger partial charge in [0.15, 0.2) is 0 Å². The Bertz CT molecular complexity index is 494. The van der Waals surface area contributed by atoms with Gasteiger partial charge in [-0.3, -0.25) is 0 Å². The first-order chi connectivity index (χ1) is 8.92. The second-order valence-electron chi connectivity index (χ2n) is 4.59. The number of nitrogens with zero attached hydrogens (tertiary/aromatic N) is 1. The van der Waals surface area contributed by atoms with Crippen LogP contribution in [0.25, 0.3) is 0 Å². The second kappa shape index (κ2) is 7.04. The lowest BCUT2D eigenvalue weighted by molar-refractivity contribution is 0.204. The van der Waals surface area contributed by atoms with E-state index in [1.165, 1.54) is 7.11 Å². The zero-order valence-electron chi connectivity index (χ0n) is 11.9. The van der Waals surface area contributed by atoms with Crippen molar-refractivity contribution in [3.8, 4) is 0 Å². The fourth-order valence-corrected chi connectivity index (χ4v) is 2.87. The molecule has 1 rings (SSSR count). The Kier molecular flexibility index (Phi) is 5.99. The van der Waals surface area contributed by atoms with Gasteiger partial charge in [0.25, 0.3) is 0 Å². The highest BCUT2D eigenvalue weighted by Gasteiger charge is 2.18. The molecule has 0 aromatic carbocycles. The van der Waals surface area contributed by atoms with Crippen LogP contribution in [0.2, 0.25) is 0 Å². The van der Waals surface area contributed by atoms with Crippen LogP contribution in [0.15, 0.2) is 17.2 Å². The molecule has 6 nitrogen and oxygen atoms in total. The first kappa shape index (κ1) is 16.2. The Hall–Kier alpha value is -0.890. The van der Waals surface area contributed by atoms with Gasteiger partial charge in [-0.05, 0) is 27.0 Å². The molecular formula is C12H23N3O3S. The van der Waals surface area contributed by atoms with E-state index in [1.807, 2.05) is 25.5 Å². The van der Waals surface area contributed by atoms with Crippen LogP contribution in [-0.2, 0) is 21.3 Å². The van der Waals surface area contributed by atoms with Gasteiger partial charge in [0.2, 0.25) is 10.0 Å². The van der Waals surface area contributed by atoms with Crippen molar-refractivity contribution in [2.24, 2.45) is 0 Å². The summed E-state index contributed by atoms with van der Waals surface area (Å²) >= 11 is 0. The van der Waals surface area contributed by atoms with E-state index in [0.29, 0.717) is 18.0 Å². The normalized spacial score (nSPS) is 12.3. The average molecular weight is 289 g/mol. The zero-order valence-corrected chi connectivity index (χ0v) is 12.8. The van der Waals surface area contributed by atoms with Crippen molar-refractivity contribution in [3.05, 3.63) is 18.0 Å². The van der Waals surface area contributed by atoms with Crippen molar-refractivity contribution in [1.29, 1.82) is 0 Å². The molecule has 1 aromatic rings. The predicted molar refractivity (Wildman–Crippen MR) is 74.6 cm³/mol. The molecule has 7 heteroatoms. The number of hydrogen-bond acceptors (Lipinski definition) is 4. The van der Waals surface area contributed by atoms with E-state index in [0.717, 1.165) is 5.69 Å². The molecule has 0 bridgehead atoms. The quantitative estimate of drug-likeness (QED) is 0.692. The Labute approximate surface area is 115 Å². The molecule has 19 heavy (non-hydrogen) atoms. The monoisotopic (exact) mass is 289 g/mol. The summed E-state index contributed by atoms with van der Waals surface area (Å²) in [4.78, 5) is 0.294. The molecule has 0 saturated carbocycles. The lowest BCUT2D eigenvalue weighted by Crippen LogP contribution is -2.26. The maximum atomic E-state index is 12.1. The van der Waals surface area contributed by atoms with Gasteiger partial charge in [0, 0.05) is 38.1 Å². The molecule has 0 aliphatic rings. The summed E-state index contributed by atoms with van der Waals surface area (Å²) in [5.41, 5.74) is 0.949. The maximum Gasteiger partial charge on any atom is 0.242 e. The van der Waals surface area contributed by atoms with Gasteiger partial charge in [-0.15, -0.1) is 0 Å². The van der Waals surface area contributed by atoms with Crippen molar-refractivity contribution in [3.63, 3.8) is 0 Å². The molecule has 1 aromatic heterocycles. The van der Waals surface area contributed by atoms with Crippen LogP contribution in [0.5, 0.6) is 0 Å². The fourth-order valence-electron chi connectivity index (χ4n) is 1.81. The predicted octanol–water partition coefficient (Wildman–Crippen LogP) is 0.713. The van der Waals surface area contributed by atoms with E-state index < -0.39 is 10.0 Å². The number of aromatic nitrogens is 1. The lowest BCUT2D eigenvalue weighted by atomic mass is 10.3. The molecule has 0 fully saturated rings. The average Bonchev–Trinajstić information content (AvgIpc) is 2.74. The number of sulfonamides is 1. The largest absolute Gasteiger partial charge is 0.383 e. The Balaban J connectivity index is 2.97. The van der Waals surface area contributed by atoms with Gasteiger partial charge < -0.3 is 14.6 Å². The molecule has 1 heterocycles. The molecule has 0 radical (unpaired) electrons. The van der Waals surface area contributed by atoms with Gasteiger partial charge in [0.1, 0.15) is 0 Å². The minimum Gasteiger partial charge on any atom is -0.383 e. The van der Waals surface area contributed by atoms with Crippen LogP contribution >= 0.6 is 0 Å². The van der Waals surface area contributed by atoms with Crippen LogP contribution in [0.4, 0.5) is 0 Å². The minimum absolute atomic E-state index is 0.214. The smallest absolute Gasteiger partial charge is 0.242 e. The third-order valence-corrected chi connectivity index (χ3v) is 4.16. The van der Waals surface area contributed by atoms with Crippen molar-refractivity contribution in [2.75, 3.05) is 27.3 Å². The van der Waals surface area contributed by atoms with E-state index in [9.17, 15) is 8.42 Å². The third kappa shape index (κ3) is 4.31. The van der Waals surface area contributed by atoms with Crippen LogP contribution in [0, 0.1) is 0 Å². The summed E-state index contributed by atoms with van der Waals surface area (Å²) in [5, 5.41) is 3.04. The summed E-state index contributed by atoms with van der Waals surface area (Å²) in [6, 6.07) is 1.91. The van der Waals surface area contributed by atoms with Crippen LogP contribution in [-0.4, -0.2) is 40.3 Å². The first-order valence-electron chi connectivity index (χ1n) is 6.26. The molecule has 0 atom stereocenters. The Morgan fingerprint density at radius 3 is 2.63 bits per heavy atom. The molecule has 0 saturated heterocycles. The zero-order chi connectivity index (χ0) is 14.5. The summed E-state index contributed by atoms with van der Waals surface area (Å²) < 4.78 is 33.5. The van der Waals surface area contributed by atoms with E-state index in [-0.39, 0.29) is 12.6 Å². The van der Waals surface area contributed by atoms with Gasteiger partial charge in [0.05, 0.1) is 11.5 Å². The minimum atomic E-state index is -3.46. The second-order valence-corrected chi connectivity index (χ2v) is 6.36. The van der Waals surface area contributed by atoms with Gasteiger partial charge >= 0.3 is 0 Å². The van der Waals surface area contributed by atoms with Gasteiger partial charge in [-0.2, -0.15) is 0 Å². The van der Waals surface area contributed by atoms with Crippen molar-refractivity contribution in [1.82, 2.24) is 14.6 Å². The van der Waals surface area contributed by atoms with Crippen LogP contribution in [0.1, 0.15) is 25.6 Å². The van der Waals surface area contributed by atoms with Crippen LogP contribution in [0.3, 0.4) is 0 Å². The highest BCUT2D eigenvalue weighted by molar-refractivity contribution is 7.89. The van der Waals surface area contributed by atoms with Gasteiger partial charge in [-0.25, -0.2) is 13.1 Å². The molecule has 2 N–H and O–H groups in total. The number of nitrogens with one attached hydrogen (secondary N) is 2. The summed E-state index contributed by atoms with van der Waals surface area (Å²) in [5.74, 6) is 0. The molecule has 0 spiro atoms. The number of hydrogen-bond donors (Lipinski definition) is 2. The number of methoxy groups -OCH3 is 1. The standard InChI is InChI=1S/C12H23N3O3S/c1-10(2)15-9-12(7-11(15)8-13-3)19(16,17)14-5-6-18-4/h7,9-10,13-14H,5-6,8H2,1-4H3. The van der Waals surface area contributed by atoms with Crippen molar-refractivity contribution >= 4 is 10.0 Å². The summed E-state index contributed by atoms with van der Waals surface area (Å²) in [6.07, 6.45) is 1.67.